The number of alkyl halides is 1. The second-order valence-corrected chi connectivity index (χ2v) is 4.28. The van der Waals surface area contributed by atoms with E-state index in [4.69, 9.17) is 10.00 Å². The second-order valence-electron chi connectivity index (χ2n) is 3.72. The maximum Gasteiger partial charge on any atom is 0.138 e. The summed E-state index contributed by atoms with van der Waals surface area (Å²) in [6, 6.07) is 13.3. The lowest BCUT2D eigenvalue weighted by Crippen LogP contribution is -1.96. The Bertz CT molecular complexity index is 561. The molecule has 0 saturated heterocycles. The minimum atomic E-state index is 0.435. The number of pyridine rings is 1. The fourth-order valence-corrected chi connectivity index (χ4v) is 1.80. The Morgan fingerprint density at radius 1 is 1.28 bits per heavy atom. The van der Waals surface area contributed by atoms with E-state index in [0.29, 0.717) is 12.2 Å². The van der Waals surface area contributed by atoms with Gasteiger partial charge >= 0.3 is 0 Å². The van der Waals surface area contributed by atoms with Crippen LogP contribution in [0.4, 0.5) is 0 Å². The quantitative estimate of drug-likeness (QED) is 0.813. The first-order valence-corrected chi connectivity index (χ1v) is 6.56. The third-order valence-corrected chi connectivity index (χ3v) is 2.97. The van der Waals surface area contributed by atoms with Crippen molar-refractivity contribution in [3.63, 3.8) is 0 Å². The molecule has 0 atom stereocenters. The average Bonchev–Trinajstić information content (AvgIpc) is 2.46. The van der Waals surface area contributed by atoms with Crippen LogP contribution in [0.15, 0.2) is 42.6 Å². The van der Waals surface area contributed by atoms with Crippen molar-refractivity contribution in [2.45, 2.75) is 11.9 Å². The number of nitrogens with zero attached hydrogens (tertiary/aromatic N) is 2. The molecule has 18 heavy (non-hydrogen) atoms. The number of aromatic nitrogens is 1. The van der Waals surface area contributed by atoms with Gasteiger partial charge in [-0.15, -0.1) is 0 Å². The van der Waals surface area contributed by atoms with Gasteiger partial charge in [-0.1, -0.05) is 28.1 Å². The Morgan fingerprint density at radius 3 is 2.83 bits per heavy atom. The van der Waals surface area contributed by atoms with Gasteiger partial charge in [0, 0.05) is 5.33 Å². The van der Waals surface area contributed by atoms with Gasteiger partial charge in [-0.2, -0.15) is 5.26 Å². The Labute approximate surface area is 114 Å². The van der Waals surface area contributed by atoms with Crippen molar-refractivity contribution in [1.82, 2.24) is 4.98 Å². The summed E-state index contributed by atoms with van der Waals surface area (Å²) >= 11 is 3.34. The van der Waals surface area contributed by atoms with E-state index >= 15 is 0 Å². The smallest absolute Gasteiger partial charge is 0.138 e. The van der Waals surface area contributed by atoms with E-state index in [9.17, 15) is 0 Å². The van der Waals surface area contributed by atoms with E-state index in [1.54, 1.807) is 12.3 Å². The summed E-state index contributed by atoms with van der Waals surface area (Å²) < 4.78 is 5.60. The van der Waals surface area contributed by atoms with E-state index in [-0.39, 0.29) is 0 Å². The maximum atomic E-state index is 8.80. The van der Waals surface area contributed by atoms with Gasteiger partial charge in [0.05, 0.1) is 23.5 Å². The lowest BCUT2D eigenvalue weighted by Gasteiger charge is -2.06. The van der Waals surface area contributed by atoms with Crippen molar-refractivity contribution >= 4 is 15.9 Å². The third kappa shape index (κ3) is 3.31. The molecule has 0 unspecified atom stereocenters. The Kier molecular flexibility index (Phi) is 4.32. The van der Waals surface area contributed by atoms with Gasteiger partial charge in [-0.25, -0.2) is 0 Å². The molecule has 0 aliphatic rings. The molecule has 90 valence electrons. The molecule has 0 bridgehead atoms. The largest absolute Gasteiger partial charge is 0.487 e. The number of halogens is 1. The van der Waals surface area contributed by atoms with Gasteiger partial charge in [-0.3, -0.25) is 4.98 Å². The normalized spacial score (nSPS) is 9.78. The molecule has 0 fully saturated rings. The molecule has 0 aliphatic heterocycles. The molecule has 1 aromatic carbocycles. The van der Waals surface area contributed by atoms with Crippen molar-refractivity contribution in [2.24, 2.45) is 0 Å². The predicted octanol–water partition coefficient (Wildman–Crippen LogP) is 3.43. The van der Waals surface area contributed by atoms with Gasteiger partial charge in [0.15, 0.2) is 0 Å². The van der Waals surface area contributed by atoms with E-state index in [2.05, 4.69) is 27.0 Å². The molecule has 0 radical (unpaired) electrons. The third-order valence-electron chi connectivity index (χ3n) is 2.40. The number of benzene rings is 1. The molecule has 0 N–H and O–H groups in total. The van der Waals surface area contributed by atoms with Crippen LogP contribution in [0.5, 0.6) is 5.75 Å². The van der Waals surface area contributed by atoms with Crippen LogP contribution in [0.2, 0.25) is 0 Å². The lowest BCUT2D eigenvalue weighted by molar-refractivity contribution is 0.305. The van der Waals surface area contributed by atoms with Crippen molar-refractivity contribution in [3.8, 4) is 11.8 Å². The molecule has 0 aliphatic carbocycles. The zero-order valence-electron chi connectivity index (χ0n) is 9.64. The van der Waals surface area contributed by atoms with Crippen LogP contribution in [-0.2, 0) is 11.9 Å². The van der Waals surface area contributed by atoms with Gasteiger partial charge < -0.3 is 4.74 Å². The van der Waals surface area contributed by atoms with E-state index in [1.807, 2.05) is 30.3 Å². The molecule has 0 amide bonds. The Balaban J connectivity index is 2.00. The number of hydrogen-bond acceptors (Lipinski definition) is 3. The number of nitriles is 1. The van der Waals surface area contributed by atoms with E-state index < -0.39 is 0 Å². The van der Waals surface area contributed by atoms with Crippen LogP contribution < -0.4 is 4.74 Å². The van der Waals surface area contributed by atoms with Crippen LogP contribution in [0, 0.1) is 11.3 Å². The van der Waals surface area contributed by atoms with Crippen molar-refractivity contribution in [3.05, 3.63) is 59.4 Å². The highest BCUT2D eigenvalue weighted by atomic mass is 79.9. The number of rotatable bonds is 4. The minimum absolute atomic E-state index is 0.435. The first-order valence-electron chi connectivity index (χ1n) is 5.44. The lowest BCUT2D eigenvalue weighted by atomic mass is 10.1. The fourth-order valence-electron chi connectivity index (χ4n) is 1.47. The van der Waals surface area contributed by atoms with Crippen molar-refractivity contribution < 1.29 is 4.74 Å². The molecule has 2 aromatic rings. The Morgan fingerprint density at radius 2 is 2.17 bits per heavy atom. The van der Waals surface area contributed by atoms with Gasteiger partial charge in [0.25, 0.3) is 0 Å². The molecule has 0 saturated carbocycles. The monoisotopic (exact) mass is 302 g/mol. The standard InChI is InChI=1S/C14H11BrN2O/c15-7-13-4-5-14(9-17-13)18-10-12-3-1-2-11(6-12)8-16/h1-6,9H,7,10H2. The molecular weight excluding hydrogens is 292 g/mol. The fraction of sp³-hybridized carbons (Fsp3) is 0.143. The zero-order chi connectivity index (χ0) is 12.8. The van der Waals surface area contributed by atoms with Crippen LogP contribution in [0.25, 0.3) is 0 Å². The van der Waals surface area contributed by atoms with Crippen LogP contribution in [-0.4, -0.2) is 4.98 Å². The topological polar surface area (TPSA) is 45.9 Å². The summed E-state index contributed by atoms with van der Waals surface area (Å²) in [5.41, 5.74) is 2.58. The van der Waals surface area contributed by atoms with Gasteiger partial charge in [-0.05, 0) is 29.8 Å². The molecule has 3 nitrogen and oxygen atoms in total. The second kappa shape index (κ2) is 6.18. The van der Waals surface area contributed by atoms with Crippen LogP contribution >= 0.6 is 15.9 Å². The molecule has 4 heteroatoms. The highest BCUT2D eigenvalue weighted by Gasteiger charge is 1.98. The highest BCUT2D eigenvalue weighted by Crippen LogP contribution is 2.13. The summed E-state index contributed by atoms with van der Waals surface area (Å²) in [4.78, 5) is 4.22. The van der Waals surface area contributed by atoms with Crippen LogP contribution in [0.3, 0.4) is 0 Å². The van der Waals surface area contributed by atoms with Crippen molar-refractivity contribution in [2.75, 3.05) is 0 Å². The van der Waals surface area contributed by atoms with E-state index in [0.717, 1.165) is 22.3 Å². The molecule has 1 heterocycles. The van der Waals surface area contributed by atoms with Crippen LogP contribution in [0.1, 0.15) is 16.8 Å². The molecule has 1 aromatic heterocycles. The SMILES string of the molecule is N#Cc1cccc(COc2ccc(CBr)nc2)c1. The summed E-state index contributed by atoms with van der Waals surface area (Å²) in [6.45, 7) is 0.435. The predicted molar refractivity (Wildman–Crippen MR) is 72.4 cm³/mol. The summed E-state index contributed by atoms with van der Waals surface area (Å²) in [7, 11) is 0. The number of hydrogen-bond donors (Lipinski definition) is 0. The molecule has 2 rings (SSSR count). The van der Waals surface area contributed by atoms with E-state index in [1.165, 1.54) is 0 Å². The Hall–Kier alpha value is -1.86. The van der Waals surface area contributed by atoms with Gasteiger partial charge in [0.2, 0.25) is 0 Å². The average molecular weight is 303 g/mol. The molecule has 0 spiro atoms. The summed E-state index contributed by atoms with van der Waals surface area (Å²) in [5.74, 6) is 0.724. The van der Waals surface area contributed by atoms with Crippen molar-refractivity contribution in [1.29, 1.82) is 5.26 Å². The maximum absolute atomic E-state index is 8.80. The molecular formula is C14H11BrN2O. The van der Waals surface area contributed by atoms with Gasteiger partial charge in [0.1, 0.15) is 12.4 Å². The zero-order valence-corrected chi connectivity index (χ0v) is 11.2. The summed E-state index contributed by atoms with van der Waals surface area (Å²) in [6.07, 6.45) is 1.70. The minimum Gasteiger partial charge on any atom is -0.487 e. The first kappa shape index (κ1) is 12.6. The highest BCUT2D eigenvalue weighted by molar-refractivity contribution is 9.08. The first-order chi connectivity index (χ1) is 8.81. The summed E-state index contributed by atoms with van der Waals surface area (Å²) in [5, 5.41) is 9.53. The number of ether oxygens (including phenoxy) is 1.